The molecule has 0 radical (unpaired) electrons. The van der Waals surface area contributed by atoms with Crippen LogP contribution in [0.15, 0.2) is 12.3 Å². The highest BCUT2D eigenvalue weighted by atomic mass is 15.3. The summed E-state index contributed by atoms with van der Waals surface area (Å²) in [6.07, 6.45) is 8.77. The molecular formula is C14H17N3. The molecule has 4 fully saturated rings. The molecule has 5 rings (SSSR count). The first-order valence-electron chi connectivity index (χ1n) is 6.78. The average Bonchev–Trinajstić information content (AvgIpc) is 2.75. The number of aromatic nitrogens is 2. The third kappa shape index (κ3) is 1.30. The van der Waals surface area contributed by atoms with Crippen LogP contribution in [0, 0.1) is 35.0 Å². The summed E-state index contributed by atoms with van der Waals surface area (Å²) in [4.78, 5) is 0. The molecule has 0 spiro atoms. The molecular weight excluding hydrogens is 210 g/mol. The Labute approximate surface area is 101 Å². The van der Waals surface area contributed by atoms with Crippen molar-refractivity contribution in [2.24, 2.45) is 23.7 Å². The normalized spacial score (nSPS) is 42.6. The quantitative estimate of drug-likeness (QED) is 0.740. The van der Waals surface area contributed by atoms with Crippen molar-refractivity contribution in [2.75, 3.05) is 0 Å². The van der Waals surface area contributed by atoms with Gasteiger partial charge in [0, 0.05) is 0 Å². The Kier molecular flexibility index (Phi) is 1.91. The summed E-state index contributed by atoms with van der Waals surface area (Å²) in [5.41, 5.74) is 0.752. The van der Waals surface area contributed by atoms with Crippen LogP contribution in [0.4, 0.5) is 0 Å². The highest BCUT2D eigenvalue weighted by Crippen LogP contribution is 2.58. The molecule has 4 aliphatic carbocycles. The van der Waals surface area contributed by atoms with Gasteiger partial charge >= 0.3 is 0 Å². The SMILES string of the molecule is N#Cc1ccnn1C1C2CC3CC(C2)CC1C3. The van der Waals surface area contributed by atoms with Crippen LogP contribution in [-0.4, -0.2) is 9.78 Å². The van der Waals surface area contributed by atoms with Crippen molar-refractivity contribution < 1.29 is 0 Å². The minimum absolute atomic E-state index is 0.521. The summed E-state index contributed by atoms with van der Waals surface area (Å²) >= 11 is 0. The lowest BCUT2D eigenvalue weighted by Gasteiger charge is -2.54. The van der Waals surface area contributed by atoms with Crippen LogP contribution in [0.25, 0.3) is 0 Å². The second kappa shape index (κ2) is 3.35. The summed E-state index contributed by atoms with van der Waals surface area (Å²) in [5.74, 6) is 3.54. The fraction of sp³-hybridized carbons (Fsp3) is 0.714. The third-order valence-corrected chi connectivity index (χ3v) is 5.24. The molecule has 0 N–H and O–H groups in total. The Balaban J connectivity index is 1.73. The summed E-state index contributed by atoms with van der Waals surface area (Å²) in [6, 6.07) is 4.66. The Hall–Kier alpha value is -1.30. The number of nitriles is 1. The largest absolute Gasteiger partial charge is 0.251 e. The zero-order valence-corrected chi connectivity index (χ0v) is 9.92. The van der Waals surface area contributed by atoms with E-state index in [0.717, 1.165) is 29.4 Å². The molecule has 4 bridgehead atoms. The minimum Gasteiger partial charge on any atom is -0.251 e. The molecule has 0 saturated heterocycles. The van der Waals surface area contributed by atoms with Gasteiger partial charge < -0.3 is 0 Å². The highest BCUT2D eigenvalue weighted by Gasteiger charge is 2.49. The molecule has 0 unspecified atom stereocenters. The van der Waals surface area contributed by atoms with Gasteiger partial charge in [-0.25, -0.2) is 0 Å². The molecule has 17 heavy (non-hydrogen) atoms. The Morgan fingerprint density at radius 1 is 1.12 bits per heavy atom. The van der Waals surface area contributed by atoms with Gasteiger partial charge in [-0.05, 0) is 61.8 Å². The second-order valence-electron chi connectivity index (χ2n) is 6.19. The van der Waals surface area contributed by atoms with Crippen molar-refractivity contribution in [2.45, 2.75) is 38.1 Å². The zero-order valence-electron chi connectivity index (χ0n) is 9.92. The molecule has 0 atom stereocenters. The first-order valence-corrected chi connectivity index (χ1v) is 6.78. The average molecular weight is 227 g/mol. The Bertz CT molecular complexity index is 454. The Morgan fingerprint density at radius 3 is 2.35 bits per heavy atom. The number of hydrogen-bond donors (Lipinski definition) is 0. The van der Waals surface area contributed by atoms with E-state index in [9.17, 15) is 0 Å². The van der Waals surface area contributed by atoms with Crippen LogP contribution in [0.5, 0.6) is 0 Å². The maximum absolute atomic E-state index is 9.15. The maximum Gasteiger partial charge on any atom is 0.138 e. The minimum atomic E-state index is 0.521. The molecule has 0 amide bonds. The van der Waals surface area contributed by atoms with E-state index in [-0.39, 0.29) is 0 Å². The lowest BCUT2D eigenvalue weighted by Crippen LogP contribution is -2.46. The second-order valence-corrected chi connectivity index (χ2v) is 6.19. The molecule has 4 aliphatic rings. The van der Waals surface area contributed by atoms with E-state index in [1.54, 1.807) is 6.20 Å². The van der Waals surface area contributed by atoms with Gasteiger partial charge in [0.15, 0.2) is 0 Å². The zero-order chi connectivity index (χ0) is 11.4. The van der Waals surface area contributed by atoms with Gasteiger partial charge in [0.05, 0.1) is 12.2 Å². The van der Waals surface area contributed by atoms with Crippen LogP contribution in [-0.2, 0) is 0 Å². The van der Waals surface area contributed by atoms with Gasteiger partial charge in [0.2, 0.25) is 0 Å². The number of hydrogen-bond acceptors (Lipinski definition) is 2. The topological polar surface area (TPSA) is 41.6 Å². The lowest BCUT2D eigenvalue weighted by molar-refractivity contribution is -0.0339. The van der Waals surface area contributed by atoms with Gasteiger partial charge in [-0.3, -0.25) is 4.68 Å². The Morgan fingerprint density at radius 2 is 1.76 bits per heavy atom. The molecule has 3 nitrogen and oxygen atoms in total. The van der Waals surface area contributed by atoms with E-state index in [1.165, 1.54) is 32.1 Å². The standard InChI is InChI=1S/C14H17N3/c15-8-13-1-2-16-17(13)14-11-4-9-3-10(6-11)7-12(14)5-9/h1-2,9-12,14H,3-7H2. The molecule has 4 saturated carbocycles. The molecule has 88 valence electrons. The molecule has 0 aromatic carbocycles. The van der Waals surface area contributed by atoms with E-state index < -0.39 is 0 Å². The van der Waals surface area contributed by atoms with E-state index in [0.29, 0.717) is 6.04 Å². The van der Waals surface area contributed by atoms with Crippen molar-refractivity contribution in [3.8, 4) is 6.07 Å². The van der Waals surface area contributed by atoms with Crippen LogP contribution >= 0.6 is 0 Å². The van der Waals surface area contributed by atoms with Crippen LogP contribution in [0.3, 0.4) is 0 Å². The van der Waals surface area contributed by atoms with Crippen LogP contribution in [0.2, 0.25) is 0 Å². The fourth-order valence-corrected chi connectivity index (χ4v) is 4.94. The summed E-state index contributed by atoms with van der Waals surface area (Å²) in [7, 11) is 0. The van der Waals surface area contributed by atoms with E-state index >= 15 is 0 Å². The predicted octanol–water partition coefficient (Wildman–Crippen LogP) is 2.75. The van der Waals surface area contributed by atoms with Crippen molar-refractivity contribution in [3.63, 3.8) is 0 Å². The molecule has 3 heteroatoms. The van der Waals surface area contributed by atoms with E-state index in [1.807, 2.05) is 10.7 Å². The van der Waals surface area contributed by atoms with Gasteiger partial charge in [-0.1, -0.05) is 0 Å². The molecule has 1 heterocycles. The summed E-state index contributed by atoms with van der Waals surface area (Å²) in [6.45, 7) is 0. The number of rotatable bonds is 1. The van der Waals surface area contributed by atoms with E-state index in [4.69, 9.17) is 5.26 Å². The summed E-state index contributed by atoms with van der Waals surface area (Å²) in [5, 5.41) is 13.6. The molecule has 1 aromatic rings. The van der Waals surface area contributed by atoms with Crippen molar-refractivity contribution in [3.05, 3.63) is 18.0 Å². The highest BCUT2D eigenvalue weighted by molar-refractivity contribution is 5.20. The number of nitrogens with zero attached hydrogens (tertiary/aromatic N) is 3. The first-order chi connectivity index (χ1) is 8.35. The summed E-state index contributed by atoms with van der Waals surface area (Å²) < 4.78 is 2.03. The monoisotopic (exact) mass is 227 g/mol. The van der Waals surface area contributed by atoms with Gasteiger partial charge in [-0.2, -0.15) is 10.4 Å². The lowest BCUT2D eigenvalue weighted by atomic mass is 9.54. The van der Waals surface area contributed by atoms with Gasteiger partial charge in [-0.15, -0.1) is 0 Å². The van der Waals surface area contributed by atoms with Gasteiger partial charge in [0.1, 0.15) is 11.8 Å². The predicted molar refractivity (Wildman–Crippen MR) is 63.0 cm³/mol. The van der Waals surface area contributed by atoms with Crippen LogP contribution < -0.4 is 0 Å². The maximum atomic E-state index is 9.15. The van der Waals surface area contributed by atoms with Crippen molar-refractivity contribution in [1.82, 2.24) is 9.78 Å². The first kappa shape index (κ1) is 9.70. The molecule has 1 aromatic heterocycles. The van der Waals surface area contributed by atoms with Crippen LogP contribution in [0.1, 0.15) is 43.8 Å². The smallest absolute Gasteiger partial charge is 0.138 e. The van der Waals surface area contributed by atoms with E-state index in [2.05, 4.69) is 11.2 Å². The molecule has 0 aliphatic heterocycles. The third-order valence-electron chi connectivity index (χ3n) is 5.24. The van der Waals surface area contributed by atoms with Crippen molar-refractivity contribution >= 4 is 0 Å². The van der Waals surface area contributed by atoms with Crippen molar-refractivity contribution in [1.29, 1.82) is 5.26 Å². The fourth-order valence-electron chi connectivity index (χ4n) is 4.94. The van der Waals surface area contributed by atoms with Gasteiger partial charge in [0.25, 0.3) is 0 Å².